The Labute approximate surface area is 370 Å². The fourth-order valence-electron chi connectivity index (χ4n) is 7.66. The van der Waals surface area contributed by atoms with Gasteiger partial charge in [0.1, 0.15) is 11.6 Å². The third-order valence-electron chi connectivity index (χ3n) is 12.1. The number of pyridine rings is 1. The van der Waals surface area contributed by atoms with Gasteiger partial charge >= 0.3 is 0 Å². The molecule has 0 amide bonds. The van der Waals surface area contributed by atoms with E-state index in [1.807, 2.05) is 101 Å². The van der Waals surface area contributed by atoms with E-state index in [1.54, 1.807) is 0 Å². The number of rotatable bonds is 7. The SMILES string of the molecule is [2H]c1nc(-c2cc(-c3cccc4c3nc(-c3cc(C)cc(C)c3O)n4-c3ccc(C(C)(C)C(C)(C)C)cc3-c3ccccc3)cc(C(C)(C)C)c2)c([2H])c(-c2c([2H])c([2H])c(C([2H])([2H])[2H])c([2H])c2[2H])c1[2H]. The van der Waals surface area contributed by atoms with Crippen molar-refractivity contribution in [1.29, 1.82) is 0 Å². The Kier molecular flexibility index (Phi) is 7.51. The van der Waals surface area contributed by atoms with Crippen LogP contribution in [-0.2, 0) is 10.8 Å². The fourth-order valence-corrected chi connectivity index (χ4v) is 7.66. The lowest BCUT2D eigenvalue weighted by Gasteiger charge is -2.40. The Morgan fingerprint density at radius 2 is 1.35 bits per heavy atom. The van der Waals surface area contributed by atoms with Crippen LogP contribution in [0.25, 0.3) is 72.7 Å². The van der Waals surface area contributed by atoms with Crippen LogP contribution in [0.15, 0.2) is 139 Å². The second-order valence-corrected chi connectivity index (χ2v) is 18.4. The van der Waals surface area contributed by atoms with Crippen LogP contribution < -0.4 is 0 Å². The van der Waals surface area contributed by atoms with Crippen LogP contribution in [0, 0.1) is 26.1 Å². The predicted molar refractivity (Wildman–Crippen MR) is 253 cm³/mol. The summed E-state index contributed by atoms with van der Waals surface area (Å²) in [6, 6.07) is 28.3. The van der Waals surface area contributed by atoms with Gasteiger partial charge in [-0.25, -0.2) is 4.98 Å². The summed E-state index contributed by atoms with van der Waals surface area (Å²) in [6.45, 7) is 18.3. The zero-order valence-electron chi connectivity index (χ0n) is 46.0. The summed E-state index contributed by atoms with van der Waals surface area (Å²) in [5.74, 6) is 0.629. The Morgan fingerprint density at radius 1 is 0.617 bits per heavy atom. The lowest BCUT2D eigenvalue weighted by atomic mass is 9.65. The first kappa shape index (κ1) is 29.9. The molecule has 2 heterocycles. The molecule has 8 rings (SSSR count). The minimum Gasteiger partial charge on any atom is -0.507 e. The molecular weight excluding hydrogens is 731 g/mol. The van der Waals surface area contributed by atoms with E-state index in [-0.39, 0.29) is 27.8 Å². The first-order valence-corrected chi connectivity index (χ1v) is 20.3. The molecule has 0 fully saturated rings. The third kappa shape index (κ3) is 7.45. The molecule has 4 nitrogen and oxygen atoms in total. The number of benzene rings is 6. The number of phenolic OH excluding ortho intramolecular Hbond substituents is 1. The zero-order chi connectivity index (χ0) is 51.3. The maximum atomic E-state index is 11.9. The fraction of sp³-hybridized carbons (Fsp3) is 0.250. The summed E-state index contributed by atoms with van der Waals surface area (Å²) in [7, 11) is 0. The standard InChI is InChI=1S/C56H57N3O/c1-35-20-22-38(23-21-35)40-26-27-57-48(33-40)42-30-41(31-44(32-42)54(4,5)6)45-18-15-19-50-51(45)58-53(47-29-36(2)28-37(3)52(47)60)59(50)49-25-24-43(56(10,11)55(7,8)9)34-46(49)39-16-13-12-14-17-39/h12-34,60H,1-11H3/i1D3,20D,21D,22D,23D,26D,27D,33D. The molecule has 0 bridgehead atoms. The van der Waals surface area contributed by atoms with Gasteiger partial charge in [0.25, 0.3) is 0 Å². The highest BCUT2D eigenvalue weighted by Gasteiger charge is 2.35. The van der Waals surface area contributed by atoms with Crippen molar-refractivity contribution in [3.8, 4) is 67.5 Å². The lowest BCUT2D eigenvalue weighted by Crippen LogP contribution is -2.34. The van der Waals surface area contributed by atoms with Gasteiger partial charge in [-0.2, -0.15) is 0 Å². The molecule has 302 valence electrons. The van der Waals surface area contributed by atoms with Crippen molar-refractivity contribution in [1.82, 2.24) is 14.5 Å². The van der Waals surface area contributed by atoms with Crippen LogP contribution in [0.1, 0.15) is 96.9 Å². The van der Waals surface area contributed by atoms with Crippen LogP contribution in [0.3, 0.4) is 0 Å². The average Bonchev–Trinajstić information content (AvgIpc) is 3.67. The van der Waals surface area contributed by atoms with E-state index in [0.717, 1.165) is 39.0 Å². The number of aryl methyl sites for hydroxylation is 2. The van der Waals surface area contributed by atoms with E-state index in [0.29, 0.717) is 33.6 Å². The Bertz CT molecular complexity index is 3390. The number of phenols is 1. The number of fused-ring (bicyclic) bond motifs is 1. The molecule has 0 saturated carbocycles. The number of hydrogen-bond donors (Lipinski definition) is 1. The third-order valence-corrected chi connectivity index (χ3v) is 12.1. The van der Waals surface area contributed by atoms with Gasteiger partial charge in [-0.1, -0.05) is 146 Å². The minimum absolute atomic E-state index is 0.0376. The van der Waals surface area contributed by atoms with Crippen LogP contribution in [0.2, 0.25) is 0 Å². The second-order valence-electron chi connectivity index (χ2n) is 18.4. The molecule has 2 aromatic heterocycles. The van der Waals surface area contributed by atoms with Gasteiger partial charge in [0, 0.05) is 27.0 Å². The zero-order valence-corrected chi connectivity index (χ0v) is 36.0. The number of nitrogens with zero attached hydrogens (tertiary/aromatic N) is 3. The molecule has 0 saturated heterocycles. The average molecular weight is 798 g/mol. The Hall–Kier alpha value is -6.26. The van der Waals surface area contributed by atoms with E-state index in [4.69, 9.17) is 17.3 Å². The Balaban J connectivity index is 1.44. The number of hydrogen-bond acceptors (Lipinski definition) is 3. The van der Waals surface area contributed by atoms with Crippen molar-refractivity contribution in [2.75, 3.05) is 0 Å². The van der Waals surface area contributed by atoms with Crippen LogP contribution in [0.4, 0.5) is 0 Å². The lowest BCUT2D eigenvalue weighted by molar-refractivity contribution is 0.225. The smallest absolute Gasteiger partial charge is 0.149 e. The normalized spacial score (nSPS) is 14.9. The molecule has 0 aliphatic heterocycles. The van der Waals surface area contributed by atoms with Gasteiger partial charge in [0.2, 0.25) is 0 Å². The Morgan fingerprint density at radius 3 is 2.05 bits per heavy atom. The highest BCUT2D eigenvalue weighted by Crippen LogP contribution is 2.46. The number of aromatic hydroxyl groups is 1. The van der Waals surface area contributed by atoms with Crippen LogP contribution in [-0.4, -0.2) is 19.6 Å². The highest BCUT2D eigenvalue weighted by molar-refractivity contribution is 5.98. The first-order valence-electron chi connectivity index (χ1n) is 25.3. The molecule has 6 aromatic carbocycles. The number of imidazole rings is 1. The van der Waals surface area contributed by atoms with E-state index in [9.17, 15) is 6.48 Å². The van der Waals surface area contributed by atoms with E-state index < -0.39 is 65.8 Å². The maximum absolute atomic E-state index is 11.9. The summed E-state index contributed by atoms with van der Waals surface area (Å²) in [5, 5.41) is 11.9. The first-order chi connectivity index (χ1) is 32.5. The van der Waals surface area contributed by atoms with Crippen molar-refractivity contribution < 1.29 is 18.8 Å². The topological polar surface area (TPSA) is 50.9 Å². The summed E-state index contributed by atoms with van der Waals surface area (Å²) < 4.78 is 88.1. The molecule has 1 N–H and O–H groups in total. The van der Waals surface area contributed by atoms with Gasteiger partial charge < -0.3 is 5.11 Å². The summed E-state index contributed by atoms with van der Waals surface area (Å²) in [6.07, 6.45) is -0.565. The molecule has 4 heteroatoms. The van der Waals surface area contributed by atoms with Gasteiger partial charge in [0.05, 0.1) is 37.6 Å². The quantitative estimate of drug-likeness (QED) is 0.175. The predicted octanol–water partition coefficient (Wildman–Crippen LogP) is 15.0. The summed E-state index contributed by atoms with van der Waals surface area (Å²) in [5.41, 5.74) is 7.83. The van der Waals surface area contributed by atoms with Gasteiger partial charge in [-0.05, 0) is 130 Å². The molecule has 60 heavy (non-hydrogen) atoms. The van der Waals surface area contributed by atoms with Crippen molar-refractivity contribution in [3.63, 3.8) is 0 Å². The van der Waals surface area contributed by atoms with Crippen LogP contribution >= 0.6 is 0 Å². The van der Waals surface area contributed by atoms with Gasteiger partial charge in [-0.3, -0.25) is 9.55 Å². The van der Waals surface area contributed by atoms with E-state index in [1.165, 1.54) is 5.56 Å². The molecule has 0 aliphatic carbocycles. The minimum atomic E-state index is -2.96. The van der Waals surface area contributed by atoms with Gasteiger partial charge in [-0.15, -0.1) is 0 Å². The summed E-state index contributed by atoms with van der Waals surface area (Å²) in [4.78, 5) is 9.90. The van der Waals surface area contributed by atoms with Crippen molar-refractivity contribution >= 4 is 11.0 Å². The maximum Gasteiger partial charge on any atom is 0.149 e. The largest absolute Gasteiger partial charge is 0.507 e. The second kappa shape index (κ2) is 15.1. The number of para-hydroxylation sites is 1. The highest BCUT2D eigenvalue weighted by atomic mass is 16.3. The van der Waals surface area contributed by atoms with Crippen molar-refractivity contribution in [2.24, 2.45) is 5.41 Å². The molecule has 0 atom stereocenters. The van der Waals surface area contributed by atoms with Gasteiger partial charge in [0.15, 0.2) is 0 Å². The molecule has 8 aromatic rings. The number of aromatic nitrogens is 3. The van der Waals surface area contributed by atoms with E-state index >= 15 is 0 Å². The molecule has 0 spiro atoms. The van der Waals surface area contributed by atoms with Crippen LogP contribution in [0.5, 0.6) is 5.75 Å². The monoisotopic (exact) mass is 798 g/mol. The molecule has 0 aliphatic rings. The summed E-state index contributed by atoms with van der Waals surface area (Å²) >= 11 is 0. The molecule has 0 unspecified atom stereocenters. The molecular formula is C56H57N3O. The van der Waals surface area contributed by atoms with E-state index in [2.05, 4.69) is 74.5 Å². The van der Waals surface area contributed by atoms with Crippen molar-refractivity contribution in [2.45, 2.75) is 86.9 Å². The molecule has 0 radical (unpaired) electrons. The van der Waals surface area contributed by atoms with Crippen molar-refractivity contribution in [3.05, 3.63) is 167 Å².